The molecular formula is C22H35O2. The number of ether oxygens (including phenoxy) is 2. The van der Waals surface area contributed by atoms with Gasteiger partial charge in [0.1, 0.15) is 5.75 Å². The third-order valence-electron chi connectivity index (χ3n) is 4.84. The zero-order valence-electron chi connectivity index (χ0n) is 15.4. The summed E-state index contributed by atoms with van der Waals surface area (Å²) in [6.45, 7) is 3.98. The van der Waals surface area contributed by atoms with Gasteiger partial charge in [-0.2, -0.15) is 0 Å². The van der Waals surface area contributed by atoms with Crippen molar-refractivity contribution in [2.45, 2.75) is 77.2 Å². The monoisotopic (exact) mass is 331 g/mol. The minimum Gasteiger partial charge on any atom is -0.493 e. The first-order valence-corrected chi connectivity index (χ1v) is 10.0. The first-order valence-electron chi connectivity index (χ1n) is 10.0. The van der Waals surface area contributed by atoms with E-state index in [1.54, 1.807) is 0 Å². The van der Waals surface area contributed by atoms with Gasteiger partial charge < -0.3 is 9.47 Å². The summed E-state index contributed by atoms with van der Waals surface area (Å²) in [4.78, 5) is 0. The highest BCUT2D eigenvalue weighted by atomic mass is 16.5. The van der Waals surface area contributed by atoms with Crippen molar-refractivity contribution in [3.8, 4) is 5.75 Å². The molecule has 1 aliphatic heterocycles. The Hall–Kier alpha value is -1.02. The Morgan fingerprint density at radius 3 is 2.54 bits per heavy atom. The van der Waals surface area contributed by atoms with Crippen LogP contribution in [-0.2, 0) is 4.74 Å². The molecule has 1 aromatic rings. The van der Waals surface area contributed by atoms with Crippen LogP contribution in [0.3, 0.4) is 0 Å². The van der Waals surface area contributed by atoms with Crippen molar-refractivity contribution in [3.63, 3.8) is 0 Å². The van der Waals surface area contributed by atoms with Crippen LogP contribution in [0.4, 0.5) is 0 Å². The van der Waals surface area contributed by atoms with Crippen molar-refractivity contribution >= 4 is 0 Å². The van der Waals surface area contributed by atoms with Gasteiger partial charge in [0.15, 0.2) is 0 Å². The topological polar surface area (TPSA) is 18.5 Å². The summed E-state index contributed by atoms with van der Waals surface area (Å²) in [5, 5.41) is 0. The molecule has 1 aliphatic rings. The summed E-state index contributed by atoms with van der Waals surface area (Å²) in [7, 11) is 0. The normalized spacial score (nSPS) is 18.6. The molecular weight excluding hydrogens is 296 g/mol. The third-order valence-corrected chi connectivity index (χ3v) is 4.84. The molecule has 2 rings (SSSR count). The van der Waals surface area contributed by atoms with Crippen LogP contribution < -0.4 is 4.74 Å². The van der Waals surface area contributed by atoms with E-state index in [1.807, 2.05) is 30.3 Å². The number of rotatable bonds is 13. The minimum atomic E-state index is 0.346. The van der Waals surface area contributed by atoms with Gasteiger partial charge in [-0.25, -0.2) is 0 Å². The fourth-order valence-electron chi connectivity index (χ4n) is 3.38. The first-order chi connectivity index (χ1) is 11.9. The summed E-state index contributed by atoms with van der Waals surface area (Å²) in [5.41, 5.74) is 0. The average Bonchev–Trinajstić information content (AvgIpc) is 3.12. The number of unbranched alkanes of at least 4 members (excludes halogenated alkanes) is 6. The quantitative estimate of drug-likeness (QED) is 0.400. The molecule has 2 unspecified atom stereocenters. The zero-order valence-corrected chi connectivity index (χ0v) is 15.4. The Morgan fingerprint density at radius 2 is 1.83 bits per heavy atom. The molecule has 0 N–H and O–H groups in total. The summed E-state index contributed by atoms with van der Waals surface area (Å²) < 4.78 is 11.8. The van der Waals surface area contributed by atoms with Crippen molar-refractivity contribution in [1.29, 1.82) is 0 Å². The van der Waals surface area contributed by atoms with E-state index in [2.05, 4.69) is 13.3 Å². The molecule has 1 saturated heterocycles. The van der Waals surface area contributed by atoms with Crippen LogP contribution in [0.25, 0.3) is 0 Å². The van der Waals surface area contributed by atoms with Gasteiger partial charge in [0.2, 0.25) is 0 Å². The molecule has 2 nitrogen and oxygen atoms in total. The second-order valence-electron chi connectivity index (χ2n) is 7.04. The highest BCUT2D eigenvalue weighted by Crippen LogP contribution is 2.24. The van der Waals surface area contributed by atoms with Crippen molar-refractivity contribution in [2.75, 3.05) is 13.2 Å². The minimum absolute atomic E-state index is 0.346. The van der Waals surface area contributed by atoms with Crippen LogP contribution in [0.5, 0.6) is 5.75 Å². The summed E-state index contributed by atoms with van der Waals surface area (Å²) in [6, 6.07) is 10.2. The molecule has 0 saturated carbocycles. The molecule has 2 heteroatoms. The van der Waals surface area contributed by atoms with Crippen molar-refractivity contribution in [1.82, 2.24) is 0 Å². The van der Waals surface area contributed by atoms with E-state index >= 15 is 0 Å². The lowest BCUT2D eigenvalue weighted by Gasteiger charge is -2.20. The lowest BCUT2D eigenvalue weighted by atomic mass is 9.94. The third kappa shape index (κ3) is 8.19. The Kier molecular flexibility index (Phi) is 9.94. The van der Waals surface area contributed by atoms with Crippen LogP contribution in [-0.4, -0.2) is 19.3 Å². The van der Waals surface area contributed by atoms with E-state index < -0.39 is 0 Å². The van der Waals surface area contributed by atoms with Gasteiger partial charge in [-0.15, -0.1) is 0 Å². The number of benzene rings is 1. The van der Waals surface area contributed by atoms with Gasteiger partial charge in [0, 0.05) is 6.61 Å². The van der Waals surface area contributed by atoms with Crippen LogP contribution >= 0.6 is 0 Å². The van der Waals surface area contributed by atoms with Gasteiger partial charge in [0.05, 0.1) is 12.7 Å². The summed E-state index contributed by atoms with van der Waals surface area (Å²) >= 11 is 0. The average molecular weight is 332 g/mol. The molecule has 2 atom stereocenters. The number of hydrogen-bond donors (Lipinski definition) is 0. The van der Waals surface area contributed by atoms with E-state index in [9.17, 15) is 0 Å². The Bertz CT molecular complexity index is 398. The van der Waals surface area contributed by atoms with Gasteiger partial charge in [-0.3, -0.25) is 0 Å². The van der Waals surface area contributed by atoms with Crippen LogP contribution in [0.1, 0.15) is 71.1 Å². The predicted molar refractivity (Wildman–Crippen MR) is 101 cm³/mol. The molecule has 0 amide bonds. The van der Waals surface area contributed by atoms with E-state index in [0.717, 1.165) is 19.0 Å². The second-order valence-corrected chi connectivity index (χ2v) is 7.04. The molecule has 135 valence electrons. The van der Waals surface area contributed by atoms with E-state index in [-0.39, 0.29) is 0 Å². The Morgan fingerprint density at radius 1 is 1.08 bits per heavy atom. The molecule has 1 radical (unpaired) electrons. The van der Waals surface area contributed by atoms with E-state index in [1.165, 1.54) is 64.2 Å². The number of hydrogen-bond acceptors (Lipinski definition) is 2. The maximum Gasteiger partial charge on any atom is 0.119 e. The zero-order chi connectivity index (χ0) is 16.9. The molecule has 0 aliphatic carbocycles. The van der Waals surface area contributed by atoms with Crippen LogP contribution in [0, 0.1) is 12.3 Å². The second kappa shape index (κ2) is 12.4. The van der Waals surface area contributed by atoms with Crippen LogP contribution in [0.2, 0.25) is 0 Å². The predicted octanol–water partition coefficient (Wildman–Crippen LogP) is 6.21. The van der Waals surface area contributed by atoms with Gasteiger partial charge in [0.25, 0.3) is 0 Å². The van der Waals surface area contributed by atoms with Crippen molar-refractivity contribution in [2.24, 2.45) is 5.92 Å². The van der Waals surface area contributed by atoms with E-state index in [4.69, 9.17) is 9.47 Å². The molecule has 0 bridgehead atoms. The van der Waals surface area contributed by atoms with Gasteiger partial charge in [-0.05, 0) is 43.7 Å². The van der Waals surface area contributed by atoms with E-state index in [0.29, 0.717) is 12.0 Å². The van der Waals surface area contributed by atoms with Crippen molar-refractivity contribution < 1.29 is 9.47 Å². The standard InChI is InChI=1S/C22H35O2/c1-2-3-4-5-6-7-9-13-20(18-22-16-12-17-23-22)19-24-21-14-10-8-11-15-21/h8,10-11,14-15,18,20,22H,2-7,9,12-13,16-17,19H2,1H3. The van der Waals surface area contributed by atoms with Crippen molar-refractivity contribution in [3.05, 3.63) is 36.8 Å². The summed E-state index contributed by atoms with van der Waals surface area (Å²) in [5.74, 6) is 1.48. The maximum atomic E-state index is 6.00. The van der Waals surface area contributed by atoms with Gasteiger partial charge in [-0.1, -0.05) is 70.1 Å². The molecule has 1 fully saturated rings. The Labute approximate surface area is 148 Å². The molecule has 1 heterocycles. The highest BCUT2D eigenvalue weighted by molar-refractivity contribution is 5.20. The Balaban J connectivity index is 1.66. The SMILES string of the molecule is CCCCCCCCCC([CH]C1CCCO1)COc1ccccc1. The lowest BCUT2D eigenvalue weighted by molar-refractivity contribution is 0.116. The highest BCUT2D eigenvalue weighted by Gasteiger charge is 2.21. The lowest BCUT2D eigenvalue weighted by Crippen LogP contribution is -2.20. The maximum absolute atomic E-state index is 6.00. The van der Waals surface area contributed by atoms with Crippen LogP contribution in [0.15, 0.2) is 30.3 Å². The fraction of sp³-hybridized carbons (Fsp3) is 0.682. The molecule has 0 aromatic heterocycles. The van der Waals surface area contributed by atoms with Gasteiger partial charge >= 0.3 is 0 Å². The molecule has 0 spiro atoms. The molecule has 24 heavy (non-hydrogen) atoms. The largest absolute Gasteiger partial charge is 0.493 e. The molecule has 1 aromatic carbocycles. The first kappa shape index (κ1) is 19.3. The summed E-state index contributed by atoms with van der Waals surface area (Å²) in [6.07, 6.45) is 15.9. The fourth-order valence-corrected chi connectivity index (χ4v) is 3.38. The smallest absolute Gasteiger partial charge is 0.119 e. The number of para-hydroxylation sites is 1.